The standard InChI is InChI=1S/C15H12ClN3O/c16-12-3-1-2-4-14(12)19-13-5-6-18-9-11(13)7-10(8-17)15(19)20/h1-4,7,18H,5-6,9H2. The molecule has 0 saturated heterocycles. The molecule has 2 heterocycles. The molecule has 4 nitrogen and oxygen atoms in total. The average molecular weight is 286 g/mol. The van der Waals surface area contributed by atoms with Crippen molar-refractivity contribution in [2.24, 2.45) is 0 Å². The summed E-state index contributed by atoms with van der Waals surface area (Å²) < 4.78 is 1.58. The lowest BCUT2D eigenvalue weighted by Crippen LogP contribution is -2.33. The Kier molecular flexibility index (Phi) is 3.31. The number of nitrogens with one attached hydrogen (secondary N) is 1. The second-order valence-corrected chi connectivity index (χ2v) is 5.07. The summed E-state index contributed by atoms with van der Waals surface area (Å²) in [6, 6.07) is 10.8. The number of nitriles is 1. The van der Waals surface area contributed by atoms with Crippen LogP contribution >= 0.6 is 11.6 Å². The van der Waals surface area contributed by atoms with E-state index in [2.05, 4.69) is 5.32 Å². The van der Waals surface area contributed by atoms with E-state index >= 15 is 0 Å². The van der Waals surface area contributed by atoms with Crippen LogP contribution in [0.15, 0.2) is 35.1 Å². The molecule has 0 saturated carbocycles. The fourth-order valence-corrected chi connectivity index (χ4v) is 2.75. The summed E-state index contributed by atoms with van der Waals surface area (Å²) in [5, 5.41) is 12.9. The molecule has 0 aliphatic carbocycles. The Morgan fingerprint density at radius 3 is 2.90 bits per heavy atom. The minimum atomic E-state index is -0.304. The van der Waals surface area contributed by atoms with Crippen molar-refractivity contribution in [2.75, 3.05) is 6.54 Å². The summed E-state index contributed by atoms with van der Waals surface area (Å²) in [6.07, 6.45) is 0.738. The highest BCUT2D eigenvalue weighted by atomic mass is 35.5. The highest BCUT2D eigenvalue weighted by molar-refractivity contribution is 6.32. The van der Waals surface area contributed by atoms with Crippen molar-refractivity contribution in [1.82, 2.24) is 9.88 Å². The van der Waals surface area contributed by atoms with Crippen LogP contribution in [0.5, 0.6) is 0 Å². The molecule has 1 aliphatic heterocycles. The van der Waals surface area contributed by atoms with Crippen molar-refractivity contribution < 1.29 is 0 Å². The van der Waals surface area contributed by atoms with E-state index in [0.717, 1.165) is 24.2 Å². The lowest BCUT2D eigenvalue weighted by Gasteiger charge is -2.22. The summed E-state index contributed by atoms with van der Waals surface area (Å²) in [6.45, 7) is 1.47. The van der Waals surface area contributed by atoms with Crippen molar-refractivity contribution >= 4 is 11.6 Å². The van der Waals surface area contributed by atoms with Crippen LogP contribution in [-0.2, 0) is 13.0 Å². The van der Waals surface area contributed by atoms with Gasteiger partial charge in [-0.25, -0.2) is 0 Å². The SMILES string of the molecule is N#Cc1cc2c(n(-c3ccccc3Cl)c1=O)CCNC2. The van der Waals surface area contributed by atoms with E-state index in [1.807, 2.05) is 18.2 Å². The van der Waals surface area contributed by atoms with Gasteiger partial charge in [-0.1, -0.05) is 23.7 Å². The zero-order valence-corrected chi connectivity index (χ0v) is 11.4. The summed E-state index contributed by atoms with van der Waals surface area (Å²) in [4.78, 5) is 12.5. The molecule has 1 aromatic carbocycles. The Bertz CT molecular complexity index is 774. The number of benzene rings is 1. The smallest absolute Gasteiger partial charge is 0.273 e. The molecule has 2 aromatic rings. The third-order valence-corrected chi connectivity index (χ3v) is 3.78. The van der Waals surface area contributed by atoms with E-state index in [-0.39, 0.29) is 11.1 Å². The lowest BCUT2D eigenvalue weighted by atomic mass is 10.0. The van der Waals surface area contributed by atoms with Gasteiger partial charge in [-0.05, 0) is 23.8 Å². The molecule has 1 N–H and O–H groups in total. The molecule has 3 rings (SSSR count). The molecule has 1 aliphatic rings. The molecule has 0 spiro atoms. The van der Waals surface area contributed by atoms with Gasteiger partial charge in [0.05, 0.1) is 10.7 Å². The normalized spacial score (nSPS) is 13.6. The Morgan fingerprint density at radius 2 is 2.15 bits per heavy atom. The van der Waals surface area contributed by atoms with Crippen LogP contribution in [0.3, 0.4) is 0 Å². The predicted octanol–water partition coefficient (Wildman–Crippen LogP) is 2.01. The molecule has 5 heteroatoms. The fourth-order valence-electron chi connectivity index (χ4n) is 2.53. The van der Waals surface area contributed by atoms with Gasteiger partial charge in [-0.15, -0.1) is 0 Å². The molecule has 100 valence electrons. The quantitative estimate of drug-likeness (QED) is 0.872. The number of hydrogen-bond donors (Lipinski definition) is 1. The maximum atomic E-state index is 12.5. The van der Waals surface area contributed by atoms with E-state index in [0.29, 0.717) is 17.3 Å². The Hall–Kier alpha value is -2.09. The van der Waals surface area contributed by atoms with Crippen molar-refractivity contribution in [1.29, 1.82) is 5.26 Å². The van der Waals surface area contributed by atoms with E-state index in [1.54, 1.807) is 22.8 Å². The van der Waals surface area contributed by atoms with Crippen LogP contribution in [0.25, 0.3) is 5.69 Å². The first kappa shape index (κ1) is 12.9. The van der Waals surface area contributed by atoms with E-state index in [9.17, 15) is 4.79 Å². The highest BCUT2D eigenvalue weighted by Crippen LogP contribution is 2.23. The Labute approximate surface area is 121 Å². The number of hydrogen-bond acceptors (Lipinski definition) is 3. The van der Waals surface area contributed by atoms with Crippen molar-refractivity contribution in [3.63, 3.8) is 0 Å². The van der Waals surface area contributed by atoms with Gasteiger partial charge in [0.25, 0.3) is 5.56 Å². The van der Waals surface area contributed by atoms with Crippen molar-refractivity contribution in [3.8, 4) is 11.8 Å². The minimum absolute atomic E-state index is 0.146. The van der Waals surface area contributed by atoms with E-state index in [4.69, 9.17) is 16.9 Å². The molecule has 0 amide bonds. The average Bonchev–Trinajstić information content (AvgIpc) is 2.48. The molecule has 1 aromatic heterocycles. The molecule has 0 bridgehead atoms. The zero-order chi connectivity index (χ0) is 14.1. The molecular weight excluding hydrogens is 274 g/mol. The zero-order valence-electron chi connectivity index (χ0n) is 10.7. The van der Waals surface area contributed by atoms with Gasteiger partial charge in [-0.3, -0.25) is 9.36 Å². The molecule has 0 radical (unpaired) electrons. The molecule has 0 unspecified atom stereocenters. The largest absolute Gasteiger partial charge is 0.312 e. The van der Waals surface area contributed by atoms with Crippen LogP contribution in [0.2, 0.25) is 5.02 Å². The first-order valence-electron chi connectivity index (χ1n) is 6.36. The molecule has 0 atom stereocenters. The third kappa shape index (κ3) is 2.01. The number of para-hydroxylation sites is 1. The van der Waals surface area contributed by atoms with Crippen LogP contribution in [0.1, 0.15) is 16.8 Å². The van der Waals surface area contributed by atoms with Crippen LogP contribution in [-0.4, -0.2) is 11.1 Å². The lowest BCUT2D eigenvalue weighted by molar-refractivity contribution is 0.612. The molecular formula is C15H12ClN3O. The summed E-state index contributed by atoms with van der Waals surface area (Å²) in [5.41, 5.74) is 2.39. The van der Waals surface area contributed by atoms with Crippen molar-refractivity contribution in [2.45, 2.75) is 13.0 Å². The maximum absolute atomic E-state index is 12.5. The Balaban J connectivity index is 2.37. The Morgan fingerprint density at radius 1 is 1.35 bits per heavy atom. The summed E-state index contributed by atoms with van der Waals surface area (Å²) >= 11 is 6.21. The first-order chi connectivity index (χ1) is 9.72. The van der Waals surface area contributed by atoms with E-state index < -0.39 is 0 Å². The number of aromatic nitrogens is 1. The highest BCUT2D eigenvalue weighted by Gasteiger charge is 2.19. The fraction of sp³-hybridized carbons (Fsp3) is 0.200. The van der Waals surface area contributed by atoms with Gasteiger partial charge in [0.2, 0.25) is 0 Å². The topological polar surface area (TPSA) is 57.8 Å². The first-order valence-corrected chi connectivity index (χ1v) is 6.73. The predicted molar refractivity (Wildman–Crippen MR) is 77.2 cm³/mol. The second-order valence-electron chi connectivity index (χ2n) is 4.66. The number of pyridine rings is 1. The number of rotatable bonds is 1. The van der Waals surface area contributed by atoms with Crippen LogP contribution in [0.4, 0.5) is 0 Å². The monoisotopic (exact) mass is 285 g/mol. The third-order valence-electron chi connectivity index (χ3n) is 3.46. The summed E-state index contributed by atoms with van der Waals surface area (Å²) in [7, 11) is 0. The number of halogens is 1. The van der Waals surface area contributed by atoms with Gasteiger partial charge in [0.15, 0.2) is 0 Å². The molecule has 20 heavy (non-hydrogen) atoms. The maximum Gasteiger partial charge on any atom is 0.273 e. The minimum Gasteiger partial charge on any atom is -0.312 e. The second kappa shape index (κ2) is 5.12. The molecule has 0 fully saturated rings. The number of nitrogens with zero attached hydrogens (tertiary/aromatic N) is 2. The van der Waals surface area contributed by atoms with Gasteiger partial charge < -0.3 is 5.32 Å². The van der Waals surface area contributed by atoms with E-state index in [1.165, 1.54) is 0 Å². The van der Waals surface area contributed by atoms with Crippen LogP contribution in [0, 0.1) is 11.3 Å². The van der Waals surface area contributed by atoms with Gasteiger partial charge in [0, 0.05) is 25.2 Å². The summed E-state index contributed by atoms with van der Waals surface area (Å²) in [5.74, 6) is 0. The van der Waals surface area contributed by atoms with Gasteiger partial charge in [0.1, 0.15) is 11.6 Å². The van der Waals surface area contributed by atoms with Gasteiger partial charge >= 0.3 is 0 Å². The van der Waals surface area contributed by atoms with Crippen molar-refractivity contribution in [3.05, 3.63) is 62.5 Å². The number of fused-ring (bicyclic) bond motifs is 1. The van der Waals surface area contributed by atoms with Crippen LogP contribution < -0.4 is 10.9 Å². The van der Waals surface area contributed by atoms with Gasteiger partial charge in [-0.2, -0.15) is 5.26 Å².